The van der Waals surface area contributed by atoms with Crippen molar-refractivity contribution in [3.05, 3.63) is 63.1 Å². The quantitative estimate of drug-likeness (QED) is 0.503. The lowest BCUT2D eigenvalue weighted by Gasteiger charge is -2.38. The molecule has 0 saturated heterocycles. The first kappa shape index (κ1) is 22.6. The smallest absolute Gasteiger partial charge is 0.288 e. The molecule has 1 N–H and O–H groups in total. The summed E-state index contributed by atoms with van der Waals surface area (Å²) in [5, 5.41) is 13.4. The molecule has 1 aromatic carbocycles. The summed E-state index contributed by atoms with van der Waals surface area (Å²) in [5.41, 5.74) is -1.31. The SMILES string of the molecule is COCCCN1Cn2cc(C(=O)CCc3ccc(F)cc3F)c(=O)c(O)c2C(=O)N1C. The summed E-state index contributed by atoms with van der Waals surface area (Å²) in [7, 11) is 3.09. The van der Waals surface area contributed by atoms with Gasteiger partial charge in [-0.1, -0.05) is 6.07 Å². The first-order chi connectivity index (χ1) is 14.7. The average molecular weight is 435 g/mol. The molecule has 1 amide bonds. The second-order valence-corrected chi connectivity index (χ2v) is 7.24. The minimum absolute atomic E-state index is 0.0439. The number of ether oxygens (including phenoxy) is 1. The highest BCUT2D eigenvalue weighted by Crippen LogP contribution is 2.23. The minimum Gasteiger partial charge on any atom is -0.503 e. The first-order valence-electron chi connectivity index (χ1n) is 9.70. The Hall–Kier alpha value is -3.11. The van der Waals surface area contributed by atoms with Gasteiger partial charge in [0.1, 0.15) is 11.6 Å². The lowest BCUT2D eigenvalue weighted by atomic mass is 10.0. The van der Waals surface area contributed by atoms with Gasteiger partial charge in [0.15, 0.2) is 17.2 Å². The maximum Gasteiger partial charge on any atom is 0.288 e. The number of halogens is 2. The van der Waals surface area contributed by atoms with Crippen LogP contribution in [-0.4, -0.2) is 58.7 Å². The van der Waals surface area contributed by atoms with Gasteiger partial charge in [0.05, 0.1) is 12.2 Å². The Morgan fingerprint density at radius 2 is 2.00 bits per heavy atom. The van der Waals surface area contributed by atoms with E-state index < -0.39 is 34.5 Å². The number of rotatable bonds is 8. The molecule has 10 heteroatoms. The molecule has 1 aromatic heterocycles. The molecule has 0 spiro atoms. The van der Waals surface area contributed by atoms with Crippen molar-refractivity contribution in [1.82, 2.24) is 14.6 Å². The second kappa shape index (κ2) is 9.36. The summed E-state index contributed by atoms with van der Waals surface area (Å²) in [6, 6.07) is 3.05. The largest absolute Gasteiger partial charge is 0.503 e. The number of pyridine rings is 1. The highest BCUT2D eigenvalue weighted by molar-refractivity contribution is 5.99. The number of benzene rings is 1. The predicted molar refractivity (Wildman–Crippen MR) is 107 cm³/mol. The molecule has 2 aromatic rings. The molecule has 8 nitrogen and oxygen atoms in total. The van der Waals surface area contributed by atoms with Gasteiger partial charge in [0.25, 0.3) is 5.91 Å². The fraction of sp³-hybridized carbons (Fsp3) is 0.381. The molecule has 0 aliphatic carbocycles. The summed E-state index contributed by atoms with van der Waals surface area (Å²) in [6.07, 6.45) is 1.62. The van der Waals surface area contributed by atoms with E-state index in [1.165, 1.54) is 28.9 Å². The molecule has 3 rings (SSSR count). The zero-order chi connectivity index (χ0) is 22.7. The van der Waals surface area contributed by atoms with Crippen LogP contribution in [0, 0.1) is 11.6 Å². The second-order valence-electron chi connectivity index (χ2n) is 7.24. The molecule has 1 aliphatic rings. The lowest BCUT2D eigenvalue weighted by Crippen LogP contribution is -2.51. The molecule has 31 heavy (non-hydrogen) atoms. The van der Waals surface area contributed by atoms with Crippen LogP contribution in [0.25, 0.3) is 0 Å². The van der Waals surface area contributed by atoms with E-state index in [0.717, 1.165) is 12.1 Å². The van der Waals surface area contributed by atoms with Crippen LogP contribution in [0.15, 0.2) is 29.2 Å². The van der Waals surface area contributed by atoms with Crippen LogP contribution in [-0.2, 0) is 17.8 Å². The van der Waals surface area contributed by atoms with Crippen molar-refractivity contribution in [1.29, 1.82) is 0 Å². The zero-order valence-corrected chi connectivity index (χ0v) is 17.2. The lowest BCUT2D eigenvalue weighted by molar-refractivity contribution is -0.0321. The number of amides is 1. The van der Waals surface area contributed by atoms with E-state index in [1.807, 2.05) is 0 Å². The van der Waals surface area contributed by atoms with Gasteiger partial charge in [0.2, 0.25) is 5.43 Å². The number of carbonyl (C=O) groups excluding carboxylic acids is 2. The fourth-order valence-electron chi connectivity index (χ4n) is 3.46. The third kappa shape index (κ3) is 4.64. The summed E-state index contributed by atoms with van der Waals surface area (Å²) in [4.78, 5) is 37.9. The summed E-state index contributed by atoms with van der Waals surface area (Å²) in [5.74, 6) is -3.50. The number of Topliss-reactive ketones (excluding diaryl/α,β-unsaturated/α-hetero) is 1. The highest BCUT2D eigenvalue weighted by Gasteiger charge is 2.32. The Labute approximate surface area is 177 Å². The van der Waals surface area contributed by atoms with Gasteiger partial charge in [-0.25, -0.2) is 8.78 Å². The highest BCUT2D eigenvalue weighted by atomic mass is 19.1. The molecular formula is C21H23F2N3O5. The molecule has 2 heterocycles. The van der Waals surface area contributed by atoms with Gasteiger partial charge >= 0.3 is 0 Å². The van der Waals surface area contributed by atoms with Crippen LogP contribution in [0.3, 0.4) is 0 Å². The van der Waals surface area contributed by atoms with Gasteiger partial charge in [-0.15, -0.1) is 0 Å². The van der Waals surface area contributed by atoms with Crippen molar-refractivity contribution in [3.8, 4) is 5.75 Å². The van der Waals surface area contributed by atoms with Crippen LogP contribution in [0.5, 0.6) is 5.75 Å². The van der Waals surface area contributed by atoms with Crippen LogP contribution in [0.2, 0.25) is 0 Å². The van der Waals surface area contributed by atoms with Crippen molar-refractivity contribution in [2.24, 2.45) is 0 Å². The van der Waals surface area contributed by atoms with Crippen molar-refractivity contribution in [2.75, 3.05) is 27.3 Å². The van der Waals surface area contributed by atoms with Gasteiger partial charge in [-0.2, -0.15) is 5.01 Å². The van der Waals surface area contributed by atoms with E-state index >= 15 is 0 Å². The van der Waals surface area contributed by atoms with E-state index in [4.69, 9.17) is 4.74 Å². The Balaban J connectivity index is 1.85. The average Bonchev–Trinajstić information content (AvgIpc) is 2.73. The Kier molecular flexibility index (Phi) is 6.81. The molecule has 166 valence electrons. The maximum atomic E-state index is 13.8. The number of aromatic hydroxyl groups is 1. The number of nitrogens with zero attached hydrogens (tertiary/aromatic N) is 3. The van der Waals surface area contributed by atoms with Gasteiger partial charge in [-0.3, -0.25) is 19.4 Å². The number of ketones is 1. The van der Waals surface area contributed by atoms with Crippen molar-refractivity contribution in [3.63, 3.8) is 0 Å². The number of methoxy groups -OCH3 is 1. The van der Waals surface area contributed by atoms with Crippen LogP contribution in [0.4, 0.5) is 8.78 Å². The number of hydrogen-bond donors (Lipinski definition) is 1. The predicted octanol–water partition coefficient (Wildman–Crippen LogP) is 1.94. The van der Waals surface area contributed by atoms with Gasteiger partial charge in [0, 0.05) is 46.0 Å². The molecule has 0 unspecified atom stereocenters. The number of hydrogen-bond acceptors (Lipinski definition) is 6. The van der Waals surface area contributed by atoms with Gasteiger partial charge in [-0.05, 0) is 24.5 Å². The number of aryl methyl sites for hydroxylation is 1. The summed E-state index contributed by atoms with van der Waals surface area (Å²) in [6.45, 7) is 1.11. The van der Waals surface area contributed by atoms with Crippen LogP contribution in [0.1, 0.15) is 39.3 Å². The van der Waals surface area contributed by atoms with E-state index in [9.17, 15) is 28.3 Å². The van der Waals surface area contributed by atoms with E-state index in [0.29, 0.717) is 19.6 Å². The number of fused-ring (bicyclic) bond motifs is 1. The van der Waals surface area contributed by atoms with Crippen molar-refractivity contribution >= 4 is 11.7 Å². The van der Waals surface area contributed by atoms with Crippen LogP contribution < -0.4 is 5.43 Å². The maximum absolute atomic E-state index is 13.8. The molecule has 1 aliphatic heterocycles. The molecule has 0 bridgehead atoms. The molecule has 0 fully saturated rings. The number of hydrazine groups is 1. The molecule has 0 atom stereocenters. The zero-order valence-electron chi connectivity index (χ0n) is 17.2. The Morgan fingerprint density at radius 1 is 1.26 bits per heavy atom. The number of aromatic nitrogens is 1. The van der Waals surface area contributed by atoms with Crippen LogP contribution >= 0.6 is 0 Å². The van der Waals surface area contributed by atoms with E-state index in [-0.39, 0.29) is 36.3 Å². The first-order valence-corrected chi connectivity index (χ1v) is 9.70. The topological polar surface area (TPSA) is 92.1 Å². The molecule has 0 radical (unpaired) electrons. The molecule has 0 saturated carbocycles. The minimum atomic E-state index is -0.953. The third-order valence-electron chi connectivity index (χ3n) is 5.19. The van der Waals surface area contributed by atoms with Crippen molar-refractivity contribution in [2.45, 2.75) is 25.9 Å². The summed E-state index contributed by atoms with van der Waals surface area (Å²) >= 11 is 0. The third-order valence-corrected chi connectivity index (χ3v) is 5.19. The Morgan fingerprint density at radius 3 is 2.68 bits per heavy atom. The fourth-order valence-corrected chi connectivity index (χ4v) is 3.46. The Bertz CT molecular complexity index is 1070. The molecular weight excluding hydrogens is 412 g/mol. The summed E-state index contributed by atoms with van der Waals surface area (Å²) < 4.78 is 33.2. The van der Waals surface area contributed by atoms with E-state index in [1.54, 1.807) is 12.1 Å². The monoisotopic (exact) mass is 435 g/mol. The standard InChI is InChI=1S/C21H23F2N3O5/c1-24-21(30)18-20(29)19(28)15(11-25(18)12-26(24)8-3-9-31-2)17(27)7-5-13-4-6-14(22)10-16(13)23/h4,6,10-11,29H,3,5,7-9,12H2,1-2H3. The van der Waals surface area contributed by atoms with Gasteiger partial charge < -0.3 is 14.4 Å². The normalized spacial score (nSPS) is 14.1. The van der Waals surface area contributed by atoms with Crippen molar-refractivity contribution < 1.29 is 28.2 Å². The van der Waals surface area contributed by atoms with E-state index in [2.05, 4.69) is 0 Å². The number of carbonyl (C=O) groups is 2.